The van der Waals surface area contributed by atoms with Crippen LogP contribution in [0.4, 0.5) is 4.79 Å². The highest BCUT2D eigenvalue weighted by atomic mass is 16.6. The van der Waals surface area contributed by atoms with Crippen LogP contribution in [-0.2, 0) is 19.1 Å². The lowest BCUT2D eigenvalue weighted by atomic mass is 9.92. The quantitative estimate of drug-likeness (QED) is 0.715. The minimum Gasteiger partial charge on any atom is -0.376 e. The Kier molecular flexibility index (Phi) is 4.16. The molecule has 7 heteroatoms. The third-order valence-corrected chi connectivity index (χ3v) is 3.23. The van der Waals surface area contributed by atoms with Gasteiger partial charge in [-0.1, -0.05) is 13.8 Å². The van der Waals surface area contributed by atoms with Crippen LogP contribution in [0.25, 0.3) is 0 Å². The van der Waals surface area contributed by atoms with Crippen LogP contribution < -0.4 is 5.32 Å². The summed E-state index contributed by atoms with van der Waals surface area (Å²) in [5.41, 5.74) is 0. The largest absolute Gasteiger partial charge is 0.376 e. The van der Waals surface area contributed by atoms with Gasteiger partial charge < -0.3 is 9.47 Å². The Balaban J connectivity index is 2.07. The van der Waals surface area contributed by atoms with Crippen LogP contribution in [0.2, 0.25) is 0 Å². The lowest BCUT2D eigenvalue weighted by Gasteiger charge is -2.34. The van der Waals surface area contributed by atoms with E-state index in [0.29, 0.717) is 19.8 Å². The van der Waals surface area contributed by atoms with Gasteiger partial charge in [0.15, 0.2) is 0 Å². The summed E-state index contributed by atoms with van der Waals surface area (Å²) in [4.78, 5) is 36.6. The zero-order valence-corrected chi connectivity index (χ0v) is 11.0. The number of carbonyl (C=O) groups is 3. The minimum absolute atomic E-state index is 0.112. The zero-order valence-electron chi connectivity index (χ0n) is 11.0. The van der Waals surface area contributed by atoms with Crippen LogP contribution >= 0.6 is 0 Å². The molecule has 4 amide bonds. The van der Waals surface area contributed by atoms with Crippen LogP contribution in [0.5, 0.6) is 0 Å². The Morgan fingerprint density at radius 3 is 2.63 bits per heavy atom. The first-order valence-corrected chi connectivity index (χ1v) is 6.36. The van der Waals surface area contributed by atoms with Gasteiger partial charge in [0.1, 0.15) is 5.92 Å². The number of urea groups is 1. The number of carbonyl (C=O) groups excluding carboxylic acids is 3. The molecule has 0 aromatic heterocycles. The summed E-state index contributed by atoms with van der Waals surface area (Å²) in [7, 11) is 0. The molecule has 1 N–H and O–H groups in total. The highest BCUT2D eigenvalue weighted by Crippen LogP contribution is 2.19. The van der Waals surface area contributed by atoms with E-state index < -0.39 is 23.8 Å². The summed E-state index contributed by atoms with van der Waals surface area (Å²) in [5, 5.41) is 2.21. The standard InChI is InChI=1S/C12H18N2O5/c1-7(2)9-10(15)13-12(17)14(11(9)16)5-8-6-18-3-4-19-8/h7-9H,3-6H2,1-2H3,(H,13,15,17). The smallest absolute Gasteiger partial charge is 0.330 e. The number of imide groups is 2. The Morgan fingerprint density at radius 1 is 1.32 bits per heavy atom. The maximum Gasteiger partial charge on any atom is 0.330 e. The predicted molar refractivity (Wildman–Crippen MR) is 64.1 cm³/mol. The second-order valence-corrected chi connectivity index (χ2v) is 5.03. The number of hydrogen-bond donors (Lipinski definition) is 1. The van der Waals surface area contributed by atoms with Gasteiger partial charge in [-0.3, -0.25) is 19.8 Å². The molecule has 2 unspecified atom stereocenters. The van der Waals surface area contributed by atoms with Crippen LogP contribution in [0.15, 0.2) is 0 Å². The van der Waals surface area contributed by atoms with E-state index in [4.69, 9.17) is 9.47 Å². The molecule has 2 fully saturated rings. The number of ether oxygens (including phenoxy) is 2. The molecule has 0 aromatic rings. The van der Waals surface area contributed by atoms with E-state index >= 15 is 0 Å². The second-order valence-electron chi connectivity index (χ2n) is 5.03. The van der Waals surface area contributed by atoms with Crippen molar-refractivity contribution in [2.24, 2.45) is 11.8 Å². The summed E-state index contributed by atoms with van der Waals surface area (Å²) in [6.45, 7) is 4.97. The van der Waals surface area contributed by atoms with Crippen molar-refractivity contribution in [1.82, 2.24) is 10.2 Å². The molecule has 2 aliphatic rings. The summed E-state index contributed by atoms with van der Waals surface area (Å²) in [6.07, 6.45) is -0.329. The van der Waals surface area contributed by atoms with Crippen LogP contribution in [0.1, 0.15) is 13.8 Å². The lowest BCUT2D eigenvalue weighted by molar-refractivity contribution is -0.148. The van der Waals surface area contributed by atoms with E-state index in [1.807, 2.05) is 0 Å². The van der Waals surface area contributed by atoms with Crippen LogP contribution in [0, 0.1) is 11.8 Å². The second kappa shape index (κ2) is 5.66. The molecular formula is C12H18N2O5. The van der Waals surface area contributed by atoms with E-state index in [-0.39, 0.29) is 18.6 Å². The maximum atomic E-state index is 12.2. The number of nitrogens with zero attached hydrogens (tertiary/aromatic N) is 1. The normalized spacial score (nSPS) is 28.8. The first kappa shape index (κ1) is 14.0. The molecular weight excluding hydrogens is 252 g/mol. The average molecular weight is 270 g/mol. The first-order chi connectivity index (χ1) is 9.00. The van der Waals surface area contributed by atoms with E-state index in [2.05, 4.69) is 5.32 Å². The highest BCUT2D eigenvalue weighted by molar-refractivity contribution is 6.16. The van der Waals surface area contributed by atoms with Gasteiger partial charge in [0.2, 0.25) is 11.8 Å². The average Bonchev–Trinajstić information content (AvgIpc) is 2.35. The van der Waals surface area contributed by atoms with Gasteiger partial charge in [-0.25, -0.2) is 4.79 Å². The fraction of sp³-hybridized carbons (Fsp3) is 0.750. The van der Waals surface area contributed by atoms with Gasteiger partial charge >= 0.3 is 6.03 Å². The fourth-order valence-electron chi connectivity index (χ4n) is 2.24. The van der Waals surface area contributed by atoms with Gasteiger partial charge in [0.05, 0.1) is 32.5 Å². The van der Waals surface area contributed by atoms with Crippen LogP contribution in [-0.4, -0.2) is 55.2 Å². The lowest BCUT2D eigenvalue weighted by Crippen LogP contribution is -2.61. The predicted octanol–water partition coefficient (Wildman–Crippen LogP) is -0.248. The molecule has 0 aromatic carbocycles. The van der Waals surface area contributed by atoms with Crippen LogP contribution in [0.3, 0.4) is 0 Å². The molecule has 2 saturated heterocycles. The Morgan fingerprint density at radius 2 is 2.05 bits per heavy atom. The molecule has 106 valence electrons. The van der Waals surface area contributed by atoms with E-state index in [0.717, 1.165) is 4.90 Å². The van der Waals surface area contributed by atoms with Gasteiger partial charge in [0.25, 0.3) is 0 Å². The summed E-state index contributed by atoms with van der Waals surface area (Å²) >= 11 is 0. The zero-order chi connectivity index (χ0) is 14.0. The maximum absolute atomic E-state index is 12.2. The Hall–Kier alpha value is -1.47. The SMILES string of the molecule is CC(C)C1C(=O)NC(=O)N(CC2COCCO2)C1=O. The number of hydrogen-bond acceptors (Lipinski definition) is 5. The van der Waals surface area contributed by atoms with Crippen molar-refractivity contribution in [3.63, 3.8) is 0 Å². The number of rotatable bonds is 3. The number of nitrogens with one attached hydrogen (secondary N) is 1. The molecule has 0 radical (unpaired) electrons. The van der Waals surface area contributed by atoms with Crippen molar-refractivity contribution in [2.75, 3.05) is 26.4 Å². The number of barbiturate groups is 1. The monoisotopic (exact) mass is 270 g/mol. The van der Waals surface area contributed by atoms with Crippen molar-refractivity contribution in [1.29, 1.82) is 0 Å². The Bertz CT molecular complexity index is 390. The van der Waals surface area contributed by atoms with Gasteiger partial charge in [-0.2, -0.15) is 0 Å². The molecule has 0 spiro atoms. The highest BCUT2D eigenvalue weighted by Gasteiger charge is 2.42. The minimum atomic E-state index is -0.817. The summed E-state index contributed by atoms with van der Waals surface area (Å²) < 4.78 is 10.6. The van der Waals surface area contributed by atoms with E-state index in [9.17, 15) is 14.4 Å². The molecule has 0 aliphatic carbocycles. The van der Waals surface area contributed by atoms with Crippen molar-refractivity contribution in [3.05, 3.63) is 0 Å². The molecule has 2 rings (SSSR count). The van der Waals surface area contributed by atoms with Gasteiger partial charge in [-0.05, 0) is 5.92 Å². The van der Waals surface area contributed by atoms with Crippen molar-refractivity contribution >= 4 is 17.8 Å². The molecule has 2 aliphatic heterocycles. The van der Waals surface area contributed by atoms with E-state index in [1.165, 1.54) is 0 Å². The van der Waals surface area contributed by atoms with E-state index in [1.54, 1.807) is 13.8 Å². The molecule has 0 saturated carbocycles. The van der Waals surface area contributed by atoms with Gasteiger partial charge in [0, 0.05) is 0 Å². The molecule has 7 nitrogen and oxygen atoms in total. The summed E-state index contributed by atoms with van der Waals surface area (Å²) in [6, 6.07) is -0.680. The fourth-order valence-corrected chi connectivity index (χ4v) is 2.24. The van der Waals surface area contributed by atoms with Crippen molar-refractivity contribution in [3.8, 4) is 0 Å². The number of amides is 4. The van der Waals surface area contributed by atoms with Crippen molar-refractivity contribution < 1.29 is 23.9 Å². The molecule has 2 atom stereocenters. The topological polar surface area (TPSA) is 84.9 Å². The molecule has 2 heterocycles. The third-order valence-electron chi connectivity index (χ3n) is 3.23. The Labute approximate surface area is 111 Å². The van der Waals surface area contributed by atoms with Crippen molar-refractivity contribution in [2.45, 2.75) is 20.0 Å². The van der Waals surface area contributed by atoms with Gasteiger partial charge in [-0.15, -0.1) is 0 Å². The third kappa shape index (κ3) is 2.93. The molecule has 19 heavy (non-hydrogen) atoms. The summed E-state index contributed by atoms with van der Waals surface area (Å²) in [5.74, 6) is -1.96. The molecule has 0 bridgehead atoms. The first-order valence-electron chi connectivity index (χ1n) is 6.36.